The van der Waals surface area contributed by atoms with Crippen LogP contribution in [0.3, 0.4) is 0 Å². The van der Waals surface area contributed by atoms with Crippen molar-refractivity contribution in [3.63, 3.8) is 0 Å². The minimum atomic E-state index is -3.67. The van der Waals surface area contributed by atoms with E-state index in [4.69, 9.17) is 9.47 Å². The molecular weight excluding hydrogens is 424 g/mol. The summed E-state index contributed by atoms with van der Waals surface area (Å²) in [5, 5.41) is 4.11. The van der Waals surface area contributed by atoms with Crippen LogP contribution in [0, 0.1) is 0 Å². The number of hydrogen-bond acceptors (Lipinski definition) is 7. The molecule has 0 radical (unpaired) electrons. The molecule has 168 valence electrons. The maximum absolute atomic E-state index is 12.9. The van der Waals surface area contributed by atoms with Gasteiger partial charge >= 0.3 is 0 Å². The maximum atomic E-state index is 12.9. The van der Waals surface area contributed by atoms with E-state index in [0.717, 1.165) is 0 Å². The molecule has 1 aliphatic heterocycles. The third-order valence-corrected chi connectivity index (χ3v) is 6.80. The summed E-state index contributed by atoms with van der Waals surface area (Å²) in [6.07, 6.45) is 0. The molecule has 0 aliphatic carbocycles. The molecule has 1 fully saturated rings. The molecule has 0 saturated carbocycles. The quantitative estimate of drug-likeness (QED) is 0.574. The number of rotatable bonds is 8. The van der Waals surface area contributed by atoms with Crippen LogP contribution in [0.5, 0.6) is 5.75 Å². The van der Waals surface area contributed by atoms with Crippen molar-refractivity contribution in [2.75, 3.05) is 46.5 Å². The van der Waals surface area contributed by atoms with Crippen molar-refractivity contribution in [2.24, 2.45) is 0 Å². The average Bonchev–Trinajstić information content (AvgIpc) is 2.79. The van der Waals surface area contributed by atoms with Crippen molar-refractivity contribution >= 4 is 15.9 Å². The largest absolute Gasteiger partial charge is 0.494 e. The fraction of sp³-hybridized carbons (Fsp3) is 0.450. The minimum Gasteiger partial charge on any atom is -0.494 e. The normalized spacial score (nSPS) is 15.1. The first-order valence-corrected chi connectivity index (χ1v) is 11.4. The van der Waals surface area contributed by atoms with Crippen molar-refractivity contribution in [2.45, 2.75) is 18.4 Å². The summed E-state index contributed by atoms with van der Waals surface area (Å²) in [6, 6.07) is 8.97. The molecule has 2 aromatic rings. The predicted octanol–water partition coefficient (Wildman–Crippen LogP) is 0.435. The van der Waals surface area contributed by atoms with Crippen molar-refractivity contribution in [1.29, 1.82) is 0 Å². The van der Waals surface area contributed by atoms with E-state index in [-0.39, 0.29) is 54.8 Å². The van der Waals surface area contributed by atoms with Gasteiger partial charge in [-0.2, -0.15) is 9.40 Å². The molecule has 10 nitrogen and oxygen atoms in total. The summed E-state index contributed by atoms with van der Waals surface area (Å²) in [4.78, 5) is 26.4. The molecule has 1 aromatic heterocycles. The number of nitrogens with zero attached hydrogens (tertiary/aromatic N) is 4. The molecule has 0 N–H and O–H groups in total. The SMILES string of the molecule is CCOc1ccc(S(=O)(=O)N2CCN(C(=O)c3ccc(=O)n(CCOC)n3)CC2)cc1. The number of piperazine rings is 1. The first-order chi connectivity index (χ1) is 14.9. The highest BCUT2D eigenvalue weighted by Crippen LogP contribution is 2.21. The standard InChI is InChI=1S/C20H26N4O6S/c1-3-30-16-4-6-17(7-5-16)31(27,28)23-12-10-22(11-13-23)20(26)18-8-9-19(25)24(21-18)14-15-29-2/h4-9H,3,10-15H2,1-2H3. The maximum Gasteiger partial charge on any atom is 0.274 e. The molecule has 2 heterocycles. The molecule has 1 saturated heterocycles. The first kappa shape index (κ1) is 22.9. The second-order valence-corrected chi connectivity index (χ2v) is 8.81. The van der Waals surface area contributed by atoms with Gasteiger partial charge in [0.1, 0.15) is 11.4 Å². The van der Waals surface area contributed by atoms with Crippen LogP contribution in [0.2, 0.25) is 0 Å². The van der Waals surface area contributed by atoms with Gasteiger partial charge in [-0.3, -0.25) is 9.59 Å². The van der Waals surface area contributed by atoms with Crippen LogP contribution in [0.15, 0.2) is 46.1 Å². The monoisotopic (exact) mass is 450 g/mol. The van der Waals surface area contributed by atoms with Crippen LogP contribution in [0.25, 0.3) is 0 Å². The van der Waals surface area contributed by atoms with E-state index in [1.54, 1.807) is 12.1 Å². The molecule has 0 bridgehead atoms. The lowest BCUT2D eigenvalue weighted by Crippen LogP contribution is -2.50. The van der Waals surface area contributed by atoms with Gasteiger partial charge in [0, 0.05) is 39.4 Å². The van der Waals surface area contributed by atoms with Crippen LogP contribution in [0.4, 0.5) is 0 Å². The van der Waals surface area contributed by atoms with E-state index in [1.807, 2.05) is 6.92 Å². The zero-order chi connectivity index (χ0) is 22.4. The van der Waals surface area contributed by atoms with Gasteiger partial charge in [-0.15, -0.1) is 0 Å². The summed E-state index contributed by atoms with van der Waals surface area (Å²) in [5.41, 5.74) is -0.182. The van der Waals surface area contributed by atoms with Gasteiger partial charge < -0.3 is 14.4 Å². The highest BCUT2D eigenvalue weighted by Gasteiger charge is 2.31. The number of methoxy groups -OCH3 is 1. The van der Waals surface area contributed by atoms with Crippen LogP contribution < -0.4 is 10.3 Å². The molecule has 11 heteroatoms. The van der Waals surface area contributed by atoms with Gasteiger partial charge in [0.15, 0.2) is 0 Å². The highest BCUT2D eigenvalue weighted by atomic mass is 32.2. The first-order valence-electron chi connectivity index (χ1n) is 9.96. The smallest absolute Gasteiger partial charge is 0.274 e. The molecule has 1 aromatic carbocycles. The van der Waals surface area contributed by atoms with E-state index in [1.165, 1.54) is 45.3 Å². The Kier molecular flexibility index (Phi) is 7.42. The van der Waals surface area contributed by atoms with E-state index < -0.39 is 10.0 Å². The minimum absolute atomic E-state index is 0.138. The number of amides is 1. The fourth-order valence-electron chi connectivity index (χ4n) is 3.22. The van der Waals surface area contributed by atoms with E-state index in [0.29, 0.717) is 19.0 Å². The Morgan fingerprint density at radius 1 is 1.06 bits per heavy atom. The number of hydrogen-bond donors (Lipinski definition) is 0. The van der Waals surface area contributed by atoms with Crippen LogP contribution in [-0.2, 0) is 21.3 Å². The Labute approximate surface area is 181 Å². The second-order valence-electron chi connectivity index (χ2n) is 6.87. The molecule has 31 heavy (non-hydrogen) atoms. The van der Waals surface area contributed by atoms with E-state index in [2.05, 4.69) is 5.10 Å². The second kappa shape index (κ2) is 10.0. The van der Waals surface area contributed by atoms with Crippen LogP contribution in [-0.4, -0.2) is 79.8 Å². The highest BCUT2D eigenvalue weighted by molar-refractivity contribution is 7.89. The molecule has 0 atom stereocenters. The van der Waals surface area contributed by atoms with Gasteiger partial charge in [-0.05, 0) is 37.3 Å². The zero-order valence-corrected chi connectivity index (χ0v) is 18.4. The molecule has 1 aliphatic rings. The number of carbonyl (C=O) groups is 1. The summed E-state index contributed by atoms with van der Waals surface area (Å²) in [5.74, 6) is 0.264. The zero-order valence-electron chi connectivity index (χ0n) is 17.6. The lowest BCUT2D eigenvalue weighted by Gasteiger charge is -2.33. The number of benzene rings is 1. The van der Waals surface area contributed by atoms with E-state index in [9.17, 15) is 18.0 Å². The lowest BCUT2D eigenvalue weighted by atomic mass is 10.3. The summed E-state index contributed by atoms with van der Waals surface area (Å²) < 4.78 is 38.7. The van der Waals surface area contributed by atoms with Crippen molar-refractivity contribution in [3.8, 4) is 5.75 Å². The van der Waals surface area contributed by atoms with Crippen molar-refractivity contribution in [1.82, 2.24) is 19.0 Å². The van der Waals surface area contributed by atoms with Gasteiger partial charge in [0.25, 0.3) is 11.5 Å². The molecule has 3 rings (SSSR count). The van der Waals surface area contributed by atoms with Crippen LogP contribution >= 0.6 is 0 Å². The number of ether oxygens (including phenoxy) is 2. The molecule has 0 unspecified atom stereocenters. The summed E-state index contributed by atoms with van der Waals surface area (Å²) >= 11 is 0. The van der Waals surface area contributed by atoms with E-state index >= 15 is 0 Å². The molecular formula is C20H26N4O6S. The summed E-state index contributed by atoms with van der Waals surface area (Å²) in [6.45, 7) is 3.70. The Hall–Kier alpha value is -2.76. The topological polar surface area (TPSA) is 111 Å². The van der Waals surface area contributed by atoms with Crippen LogP contribution in [0.1, 0.15) is 17.4 Å². The Morgan fingerprint density at radius 3 is 2.35 bits per heavy atom. The fourth-order valence-corrected chi connectivity index (χ4v) is 4.64. The molecule has 0 spiro atoms. The Balaban J connectivity index is 1.66. The third kappa shape index (κ3) is 5.30. The van der Waals surface area contributed by atoms with Crippen molar-refractivity contribution in [3.05, 3.63) is 52.4 Å². The summed E-state index contributed by atoms with van der Waals surface area (Å²) in [7, 11) is -2.15. The Morgan fingerprint density at radius 2 is 1.74 bits per heavy atom. The van der Waals surface area contributed by atoms with Crippen molar-refractivity contribution < 1.29 is 22.7 Å². The third-order valence-electron chi connectivity index (χ3n) is 4.89. The van der Waals surface area contributed by atoms with Gasteiger partial charge in [-0.1, -0.05) is 0 Å². The Bertz CT molecular complexity index is 1060. The number of sulfonamides is 1. The number of aromatic nitrogens is 2. The predicted molar refractivity (Wildman–Crippen MR) is 113 cm³/mol. The van der Waals surface area contributed by atoms with Gasteiger partial charge in [0.05, 0.1) is 24.7 Å². The molecule has 1 amide bonds. The average molecular weight is 451 g/mol. The van der Waals surface area contributed by atoms with Gasteiger partial charge in [0.2, 0.25) is 10.0 Å². The van der Waals surface area contributed by atoms with Gasteiger partial charge in [-0.25, -0.2) is 13.1 Å². The number of carbonyl (C=O) groups excluding carboxylic acids is 1. The lowest BCUT2D eigenvalue weighted by molar-refractivity contribution is 0.0688.